The number of rotatable bonds is 5. The van der Waals surface area contributed by atoms with E-state index in [1.165, 1.54) is 16.8 Å². The second kappa shape index (κ2) is 8.33. The van der Waals surface area contributed by atoms with Gasteiger partial charge in [0.15, 0.2) is 0 Å². The summed E-state index contributed by atoms with van der Waals surface area (Å²) in [5, 5.41) is 7.80. The molecule has 0 bridgehead atoms. The van der Waals surface area contributed by atoms with E-state index in [2.05, 4.69) is 21.5 Å². The minimum Gasteiger partial charge on any atom is -0.350 e. The van der Waals surface area contributed by atoms with Gasteiger partial charge < -0.3 is 5.32 Å². The van der Waals surface area contributed by atoms with E-state index in [-0.39, 0.29) is 5.91 Å². The lowest BCUT2D eigenvalue weighted by atomic mass is 9.79. The maximum atomic E-state index is 12.2. The van der Waals surface area contributed by atoms with Gasteiger partial charge in [-0.15, -0.1) is 0 Å². The van der Waals surface area contributed by atoms with E-state index in [1.807, 2.05) is 48.4 Å². The summed E-state index contributed by atoms with van der Waals surface area (Å²) < 4.78 is 1.91. The molecule has 3 aromatic heterocycles. The van der Waals surface area contributed by atoms with E-state index in [0.717, 1.165) is 25.7 Å². The highest BCUT2D eigenvalue weighted by molar-refractivity contribution is 5.92. The van der Waals surface area contributed by atoms with Crippen LogP contribution in [0.15, 0.2) is 55.1 Å². The van der Waals surface area contributed by atoms with E-state index in [9.17, 15) is 4.79 Å². The monoisotopic (exact) mass is 375 g/mol. The molecular weight excluding hydrogens is 350 g/mol. The van der Waals surface area contributed by atoms with Crippen LogP contribution in [0, 0.1) is 5.92 Å². The Kier molecular flexibility index (Phi) is 5.46. The first-order valence-electron chi connectivity index (χ1n) is 9.84. The van der Waals surface area contributed by atoms with E-state index >= 15 is 0 Å². The molecule has 1 aliphatic rings. The molecule has 0 saturated heterocycles. The summed E-state index contributed by atoms with van der Waals surface area (Å²) in [4.78, 5) is 20.4. The maximum Gasteiger partial charge on any atom is 0.269 e. The van der Waals surface area contributed by atoms with Gasteiger partial charge in [0.2, 0.25) is 0 Å². The van der Waals surface area contributed by atoms with Gasteiger partial charge in [0.25, 0.3) is 5.91 Å². The second-order valence-electron chi connectivity index (χ2n) is 7.48. The largest absolute Gasteiger partial charge is 0.350 e. The normalized spacial score (nSPS) is 19.3. The number of aryl methyl sites for hydroxylation is 1. The van der Waals surface area contributed by atoms with Gasteiger partial charge in [-0.1, -0.05) is 6.07 Å². The molecule has 6 nitrogen and oxygen atoms in total. The Hall–Kier alpha value is -3.02. The average Bonchev–Trinajstić information content (AvgIpc) is 3.15. The van der Waals surface area contributed by atoms with Gasteiger partial charge in [0.05, 0.1) is 5.69 Å². The number of hydrogen-bond acceptors (Lipinski definition) is 4. The van der Waals surface area contributed by atoms with Crippen molar-refractivity contribution < 1.29 is 4.79 Å². The lowest BCUT2D eigenvalue weighted by Crippen LogP contribution is -2.31. The fraction of sp³-hybridized carbons (Fsp3) is 0.364. The summed E-state index contributed by atoms with van der Waals surface area (Å²) >= 11 is 0. The lowest BCUT2D eigenvalue weighted by molar-refractivity contribution is 0.0938. The van der Waals surface area contributed by atoms with Crippen LogP contribution in [0.5, 0.6) is 0 Å². The smallest absolute Gasteiger partial charge is 0.269 e. The fourth-order valence-corrected chi connectivity index (χ4v) is 4.03. The molecule has 1 saturated carbocycles. The molecule has 0 aliphatic heterocycles. The zero-order valence-electron chi connectivity index (χ0n) is 16.1. The van der Waals surface area contributed by atoms with Crippen LogP contribution in [0.4, 0.5) is 0 Å². The van der Waals surface area contributed by atoms with Crippen molar-refractivity contribution in [1.82, 2.24) is 25.1 Å². The molecule has 3 heterocycles. The summed E-state index contributed by atoms with van der Waals surface area (Å²) in [6, 6.07) is 9.47. The summed E-state index contributed by atoms with van der Waals surface area (Å²) in [6.07, 6.45) is 11.8. The topological polar surface area (TPSA) is 72.7 Å². The van der Waals surface area contributed by atoms with Crippen molar-refractivity contribution in [3.63, 3.8) is 0 Å². The van der Waals surface area contributed by atoms with Crippen molar-refractivity contribution in [2.24, 2.45) is 13.0 Å². The lowest BCUT2D eigenvalue weighted by Gasteiger charge is -2.28. The van der Waals surface area contributed by atoms with Crippen LogP contribution >= 0.6 is 0 Å². The number of carbonyl (C=O) groups is 1. The van der Waals surface area contributed by atoms with Crippen molar-refractivity contribution in [3.05, 3.63) is 66.5 Å². The van der Waals surface area contributed by atoms with Crippen LogP contribution < -0.4 is 5.32 Å². The quantitative estimate of drug-likeness (QED) is 0.740. The summed E-state index contributed by atoms with van der Waals surface area (Å²) in [6.45, 7) is 0.710. The molecule has 144 valence electrons. The van der Waals surface area contributed by atoms with Gasteiger partial charge in [0.1, 0.15) is 5.69 Å². The highest BCUT2D eigenvalue weighted by atomic mass is 16.1. The first kappa shape index (κ1) is 18.3. The summed E-state index contributed by atoms with van der Waals surface area (Å²) in [5.41, 5.74) is 4.04. The molecule has 4 rings (SSSR count). The number of amides is 1. The summed E-state index contributed by atoms with van der Waals surface area (Å²) in [5.74, 6) is 0.886. The second-order valence-corrected chi connectivity index (χ2v) is 7.48. The Morgan fingerprint density at radius 3 is 2.61 bits per heavy atom. The minimum absolute atomic E-state index is 0.0903. The first-order valence-corrected chi connectivity index (χ1v) is 9.84. The van der Waals surface area contributed by atoms with E-state index in [0.29, 0.717) is 24.1 Å². The molecule has 0 atom stereocenters. The van der Waals surface area contributed by atoms with Crippen LogP contribution in [0.3, 0.4) is 0 Å². The zero-order valence-corrected chi connectivity index (χ0v) is 16.1. The molecule has 3 aromatic rings. The Balaban J connectivity index is 1.35. The molecule has 0 radical (unpaired) electrons. The van der Waals surface area contributed by atoms with Crippen LogP contribution in [0.25, 0.3) is 11.1 Å². The molecule has 28 heavy (non-hydrogen) atoms. The highest BCUT2D eigenvalue weighted by Crippen LogP contribution is 2.39. The van der Waals surface area contributed by atoms with E-state index in [1.54, 1.807) is 12.3 Å². The van der Waals surface area contributed by atoms with Crippen molar-refractivity contribution in [3.8, 4) is 11.1 Å². The predicted octanol–water partition coefficient (Wildman–Crippen LogP) is 3.58. The number of pyridine rings is 2. The Bertz CT molecular complexity index is 915. The zero-order chi connectivity index (χ0) is 19.3. The Labute approximate surface area is 165 Å². The minimum atomic E-state index is -0.0903. The number of aromatic nitrogens is 4. The Morgan fingerprint density at radius 1 is 1.11 bits per heavy atom. The Morgan fingerprint density at radius 2 is 1.89 bits per heavy atom. The molecule has 1 fully saturated rings. The molecule has 1 amide bonds. The average molecular weight is 375 g/mol. The number of nitrogens with zero attached hydrogens (tertiary/aromatic N) is 4. The molecular formula is C22H25N5O. The van der Waals surface area contributed by atoms with Crippen molar-refractivity contribution in [2.45, 2.75) is 31.6 Å². The number of nitrogens with one attached hydrogen (secondary N) is 1. The molecule has 6 heteroatoms. The van der Waals surface area contributed by atoms with Crippen LogP contribution in [0.1, 0.15) is 47.8 Å². The third-order valence-electron chi connectivity index (χ3n) is 5.53. The van der Waals surface area contributed by atoms with Gasteiger partial charge >= 0.3 is 0 Å². The maximum absolute atomic E-state index is 12.2. The number of carbonyl (C=O) groups excluding carboxylic acids is 1. The standard InChI is InChI=1S/C22H25N5O/c1-27-15-19(17-9-12-23-13-10-17)21(26-27)18-7-5-16(6-8-18)14-25-22(28)20-4-2-3-11-24-20/h2-4,9-13,15-16,18H,5-8,14H2,1H3,(H,25,28). The number of hydrogen-bond donors (Lipinski definition) is 1. The third-order valence-corrected chi connectivity index (χ3v) is 5.53. The van der Waals surface area contributed by atoms with Gasteiger partial charge in [-0.2, -0.15) is 5.10 Å². The molecule has 1 aliphatic carbocycles. The van der Waals surface area contributed by atoms with E-state index in [4.69, 9.17) is 5.10 Å². The SMILES string of the molecule is Cn1cc(-c2ccncc2)c(C2CCC(CNC(=O)c3ccccn3)CC2)n1. The van der Waals surface area contributed by atoms with Crippen molar-refractivity contribution >= 4 is 5.91 Å². The molecule has 0 unspecified atom stereocenters. The highest BCUT2D eigenvalue weighted by Gasteiger charge is 2.27. The molecule has 0 aromatic carbocycles. The van der Waals surface area contributed by atoms with Gasteiger partial charge in [-0.05, 0) is 61.4 Å². The van der Waals surface area contributed by atoms with Crippen molar-refractivity contribution in [1.29, 1.82) is 0 Å². The predicted molar refractivity (Wildman–Crippen MR) is 108 cm³/mol. The third kappa shape index (κ3) is 4.11. The van der Waals surface area contributed by atoms with Crippen LogP contribution in [0.2, 0.25) is 0 Å². The van der Waals surface area contributed by atoms with Crippen molar-refractivity contribution in [2.75, 3.05) is 6.54 Å². The first-order chi connectivity index (χ1) is 13.7. The summed E-state index contributed by atoms with van der Waals surface area (Å²) in [7, 11) is 1.98. The molecule has 1 N–H and O–H groups in total. The van der Waals surface area contributed by atoms with Gasteiger partial charge in [0, 0.05) is 49.9 Å². The van der Waals surface area contributed by atoms with Crippen LogP contribution in [-0.4, -0.2) is 32.2 Å². The fourth-order valence-electron chi connectivity index (χ4n) is 4.03. The van der Waals surface area contributed by atoms with Gasteiger partial charge in [-0.25, -0.2) is 0 Å². The van der Waals surface area contributed by atoms with Crippen LogP contribution in [-0.2, 0) is 7.05 Å². The van der Waals surface area contributed by atoms with E-state index < -0.39 is 0 Å². The molecule has 0 spiro atoms. The van der Waals surface area contributed by atoms with Gasteiger partial charge in [-0.3, -0.25) is 19.4 Å².